The van der Waals surface area contributed by atoms with Gasteiger partial charge in [0.05, 0.1) is 5.92 Å². The molecule has 2 saturated carbocycles. The van der Waals surface area contributed by atoms with Crippen LogP contribution in [0.1, 0.15) is 75.4 Å². The minimum Gasteiger partial charge on any atom is -0.339 e. The minimum absolute atomic E-state index is 0.212. The first-order valence-electron chi connectivity index (χ1n) is 7.33. The SMILES string of the molecule is CC1CCCC(c2noc(C3CCCC3N)n2)C1. The molecule has 4 unspecified atom stereocenters. The number of nitrogens with two attached hydrogens (primary N) is 1. The third-order valence-electron chi connectivity index (χ3n) is 4.65. The predicted molar refractivity (Wildman–Crippen MR) is 69.2 cm³/mol. The Morgan fingerprint density at radius 1 is 1.17 bits per heavy atom. The first kappa shape index (κ1) is 12.2. The van der Waals surface area contributed by atoms with E-state index in [0.717, 1.165) is 30.5 Å². The molecule has 4 atom stereocenters. The van der Waals surface area contributed by atoms with E-state index in [-0.39, 0.29) is 6.04 Å². The molecule has 18 heavy (non-hydrogen) atoms. The molecular formula is C14H23N3O. The molecule has 0 amide bonds. The molecule has 4 heteroatoms. The van der Waals surface area contributed by atoms with Gasteiger partial charge in [-0.1, -0.05) is 31.3 Å². The van der Waals surface area contributed by atoms with Gasteiger partial charge in [0.1, 0.15) is 0 Å². The van der Waals surface area contributed by atoms with Gasteiger partial charge >= 0.3 is 0 Å². The van der Waals surface area contributed by atoms with Crippen molar-refractivity contribution in [3.05, 3.63) is 11.7 Å². The van der Waals surface area contributed by atoms with Crippen molar-refractivity contribution in [1.82, 2.24) is 10.1 Å². The summed E-state index contributed by atoms with van der Waals surface area (Å²) >= 11 is 0. The lowest BCUT2D eigenvalue weighted by molar-refractivity contribution is 0.313. The molecule has 2 fully saturated rings. The van der Waals surface area contributed by atoms with Crippen molar-refractivity contribution in [2.45, 2.75) is 69.7 Å². The van der Waals surface area contributed by atoms with Crippen LogP contribution in [0.25, 0.3) is 0 Å². The fourth-order valence-corrected chi connectivity index (χ4v) is 3.53. The summed E-state index contributed by atoms with van der Waals surface area (Å²) in [6.07, 6.45) is 8.42. The van der Waals surface area contributed by atoms with Crippen LogP contribution in [0.2, 0.25) is 0 Å². The van der Waals surface area contributed by atoms with Crippen LogP contribution in [0.5, 0.6) is 0 Å². The zero-order valence-electron chi connectivity index (χ0n) is 11.1. The minimum atomic E-state index is 0.212. The highest BCUT2D eigenvalue weighted by Crippen LogP contribution is 2.37. The third kappa shape index (κ3) is 2.30. The second-order valence-electron chi connectivity index (χ2n) is 6.16. The van der Waals surface area contributed by atoms with Gasteiger partial charge < -0.3 is 10.3 Å². The molecule has 2 aliphatic carbocycles. The van der Waals surface area contributed by atoms with E-state index in [1.54, 1.807) is 0 Å². The first-order valence-corrected chi connectivity index (χ1v) is 7.33. The van der Waals surface area contributed by atoms with Crippen molar-refractivity contribution in [3.63, 3.8) is 0 Å². The lowest BCUT2D eigenvalue weighted by atomic mass is 9.82. The van der Waals surface area contributed by atoms with Gasteiger partial charge in [-0.2, -0.15) is 4.98 Å². The number of nitrogens with zero attached hydrogens (tertiary/aromatic N) is 2. The van der Waals surface area contributed by atoms with Crippen LogP contribution in [0.15, 0.2) is 4.52 Å². The molecule has 100 valence electrons. The van der Waals surface area contributed by atoms with Crippen LogP contribution < -0.4 is 5.73 Å². The zero-order valence-corrected chi connectivity index (χ0v) is 11.1. The van der Waals surface area contributed by atoms with E-state index in [9.17, 15) is 0 Å². The molecule has 0 spiro atoms. The quantitative estimate of drug-likeness (QED) is 0.875. The van der Waals surface area contributed by atoms with E-state index in [1.807, 2.05) is 0 Å². The third-order valence-corrected chi connectivity index (χ3v) is 4.65. The second kappa shape index (κ2) is 5.00. The lowest BCUT2D eigenvalue weighted by Crippen LogP contribution is -2.23. The summed E-state index contributed by atoms with van der Waals surface area (Å²) in [5.41, 5.74) is 6.09. The number of hydrogen-bond donors (Lipinski definition) is 1. The Labute approximate surface area is 108 Å². The van der Waals surface area contributed by atoms with Gasteiger partial charge in [0.2, 0.25) is 5.89 Å². The van der Waals surface area contributed by atoms with Gasteiger partial charge in [0.25, 0.3) is 0 Å². The molecule has 3 rings (SSSR count). The first-order chi connectivity index (χ1) is 8.74. The normalized spacial score (nSPS) is 37.0. The Balaban J connectivity index is 1.72. The largest absolute Gasteiger partial charge is 0.339 e. The van der Waals surface area contributed by atoms with Crippen molar-refractivity contribution in [2.75, 3.05) is 0 Å². The standard InChI is InChI=1S/C14H23N3O/c1-9-4-2-5-10(8-9)13-16-14(18-17-13)11-6-3-7-12(11)15/h9-12H,2-8,15H2,1H3. The van der Waals surface area contributed by atoms with E-state index < -0.39 is 0 Å². The van der Waals surface area contributed by atoms with Gasteiger partial charge in [0, 0.05) is 12.0 Å². The predicted octanol–water partition coefficient (Wildman–Crippen LogP) is 2.96. The number of rotatable bonds is 2. The Morgan fingerprint density at radius 2 is 2.00 bits per heavy atom. The van der Waals surface area contributed by atoms with E-state index in [1.165, 1.54) is 32.1 Å². The highest BCUT2D eigenvalue weighted by molar-refractivity contribution is 5.05. The van der Waals surface area contributed by atoms with Gasteiger partial charge in [-0.3, -0.25) is 0 Å². The highest BCUT2D eigenvalue weighted by atomic mass is 16.5. The van der Waals surface area contributed by atoms with Gasteiger partial charge in [-0.15, -0.1) is 0 Å². The van der Waals surface area contributed by atoms with E-state index in [0.29, 0.717) is 11.8 Å². The molecule has 0 aromatic carbocycles. The fraction of sp³-hybridized carbons (Fsp3) is 0.857. The Kier molecular flexibility index (Phi) is 3.37. The summed E-state index contributed by atoms with van der Waals surface area (Å²) in [6, 6.07) is 0.212. The average Bonchev–Trinajstić information content (AvgIpc) is 2.97. The van der Waals surface area contributed by atoms with Crippen LogP contribution in [-0.2, 0) is 0 Å². The summed E-state index contributed by atoms with van der Waals surface area (Å²) in [5, 5.41) is 4.21. The monoisotopic (exact) mass is 249 g/mol. The molecule has 1 aromatic heterocycles. The molecule has 1 heterocycles. The van der Waals surface area contributed by atoms with E-state index >= 15 is 0 Å². The summed E-state index contributed by atoms with van der Waals surface area (Å²) in [6.45, 7) is 2.32. The molecule has 0 saturated heterocycles. The van der Waals surface area contributed by atoms with E-state index in [2.05, 4.69) is 17.1 Å². The average molecular weight is 249 g/mol. The molecular weight excluding hydrogens is 226 g/mol. The number of hydrogen-bond acceptors (Lipinski definition) is 4. The second-order valence-corrected chi connectivity index (χ2v) is 6.16. The van der Waals surface area contributed by atoms with Crippen molar-refractivity contribution in [1.29, 1.82) is 0 Å². The van der Waals surface area contributed by atoms with Gasteiger partial charge in [0.15, 0.2) is 5.82 Å². The van der Waals surface area contributed by atoms with Crippen molar-refractivity contribution in [2.24, 2.45) is 11.7 Å². The Morgan fingerprint density at radius 3 is 2.72 bits per heavy atom. The van der Waals surface area contributed by atoms with Crippen LogP contribution in [0, 0.1) is 5.92 Å². The van der Waals surface area contributed by atoms with Crippen molar-refractivity contribution < 1.29 is 4.52 Å². The lowest BCUT2D eigenvalue weighted by Gasteiger charge is -2.23. The topological polar surface area (TPSA) is 64.9 Å². The Hall–Kier alpha value is -0.900. The fourth-order valence-electron chi connectivity index (χ4n) is 3.53. The molecule has 0 radical (unpaired) electrons. The zero-order chi connectivity index (χ0) is 12.5. The van der Waals surface area contributed by atoms with E-state index in [4.69, 9.17) is 10.3 Å². The van der Waals surface area contributed by atoms with Crippen LogP contribution in [0.3, 0.4) is 0 Å². The molecule has 1 aromatic rings. The van der Waals surface area contributed by atoms with Gasteiger partial charge in [-0.05, 0) is 31.6 Å². The van der Waals surface area contributed by atoms with Crippen molar-refractivity contribution in [3.8, 4) is 0 Å². The molecule has 0 aliphatic heterocycles. The maximum absolute atomic E-state index is 6.09. The summed E-state index contributed by atoms with van der Waals surface area (Å²) in [4.78, 5) is 4.64. The molecule has 4 nitrogen and oxygen atoms in total. The van der Waals surface area contributed by atoms with Crippen LogP contribution in [0.4, 0.5) is 0 Å². The number of aromatic nitrogens is 2. The maximum Gasteiger partial charge on any atom is 0.231 e. The smallest absolute Gasteiger partial charge is 0.231 e. The molecule has 2 aliphatic rings. The van der Waals surface area contributed by atoms with Crippen LogP contribution in [-0.4, -0.2) is 16.2 Å². The molecule has 0 bridgehead atoms. The summed E-state index contributed by atoms with van der Waals surface area (Å²) < 4.78 is 5.47. The summed E-state index contributed by atoms with van der Waals surface area (Å²) in [5.74, 6) is 3.31. The molecule has 2 N–H and O–H groups in total. The maximum atomic E-state index is 6.09. The Bertz CT molecular complexity index is 403. The van der Waals surface area contributed by atoms with Crippen LogP contribution >= 0.6 is 0 Å². The van der Waals surface area contributed by atoms with Crippen molar-refractivity contribution >= 4 is 0 Å². The summed E-state index contributed by atoms with van der Waals surface area (Å²) in [7, 11) is 0. The van der Waals surface area contributed by atoms with Gasteiger partial charge in [-0.25, -0.2) is 0 Å². The highest BCUT2D eigenvalue weighted by Gasteiger charge is 2.32.